The second-order valence-corrected chi connectivity index (χ2v) is 5.34. The van der Waals surface area contributed by atoms with E-state index in [1.54, 1.807) is 18.2 Å². The number of hydrogen-bond acceptors (Lipinski definition) is 2. The van der Waals surface area contributed by atoms with Gasteiger partial charge in [-0.15, -0.1) is 0 Å². The second kappa shape index (κ2) is 6.37. The third kappa shape index (κ3) is 3.93. The normalized spacial score (nSPS) is 12.2. The summed E-state index contributed by atoms with van der Waals surface area (Å²) in [4.78, 5) is 0. The summed E-state index contributed by atoms with van der Waals surface area (Å²) in [7, 11) is 0. The molecule has 1 atom stereocenters. The van der Waals surface area contributed by atoms with Gasteiger partial charge >= 0.3 is 0 Å². The van der Waals surface area contributed by atoms with Crippen LogP contribution < -0.4 is 5.32 Å². The first kappa shape index (κ1) is 14.3. The van der Waals surface area contributed by atoms with Gasteiger partial charge < -0.3 is 10.4 Å². The lowest BCUT2D eigenvalue weighted by Crippen LogP contribution is -2.12. The molecule has 0 fully saturated rings. The van der Waals surface area contributed by atoms with Crippen LogP contribution in [-0.4, -0.2) is 11.7 Å². The number of hydrogen-bond donors (Lipinski definition) is 2. The Hall–Kier alpha value is -1.10. The highest BCUT2D eigenvalue weighted by molar-refractivity contribution is 9.10. The molecule has 0 spiro atoms. The van der Waals surface area contributed by atoms with E-state index in [4.69, 9.17) is 11.6 Å². The quantitative estimate of drug-likeness (QED) is 0.862. The summed E-state index contributed by atoms with van der Waals surface area (Å²) in [5.74, 6) is -0.316. The molecule has 0 aliphatic carbocycles. The van der Waals surface area contributed by atoms with Crippen LogP contribution in [0.1, 0.15) is 11.7 Å². The fraction of sp³-hybridized carbons (Fsp3) is 0.143. The Morgan fingerprint density at radius 3 is 2.53 bits per heavy atom. The van der Waals surface area contributed by atoms with Crippen molar-refractivity contribution in [2.24, 2.45) is 0 Å². The van der Waals surface area contributed by atoms with Gasteiger partial charge in [-0.2, -0.15) is 0 Å². The van der Waals surface area contributed by atoms with Crippen molar-refractivity contribution in [1.82, 2.24) is 0 Å². The lowest BCUT2D eigenvalue weighted by molar-refractivity contribution is 0.191. The third-order valence-corrected chi connectivity index (χ3v) is 3.91. The lowest BCUT2D eigenvalue weighted by Gasteiger charge is -2.13. The molecule has 2 aromatic carbocycles. The minimum Gasteiger partial charge on any atom is -0.387 e. The summed E-state index contributed by atoms with van der Waals surface area (Å²) < 4.78 is 13.6. The molecule has 2 nitrogen and oxygen atoms in total. The van der Waals surface area contributed by atoms with Crippen LogP contribution in [0.15, 0.2) is 46.9 Å². The van der Waals surface area contributed by atoms with Crippen LogP contribution in [0.3, 0.4) is 0 Å². The predicted molar refractivity (Wildman–Crippen MR) is 79.0 cm³/mol. The zero-order valence-electron chi connectivity index (χ0n) is 9.91. The molecular weight excluding hydrogens is 333 g/mol. The first-order chi connectivity index (χ1) is 9.06. The van der Waals surface area contributed by atoms with Crippen LogP contribution in [0.5, 0.6) is 0 Å². The average Bonchev–Trinajstić information content (AvgIpc) is 2.40. The van der Waals surface area contributed by atoms with Gasteiger partial charge in [0.2, 0.25) is 0 Å². The Morgan fingerprint density at radius 2 is 1.89 bits per heavy atom. The molecule has 0 saturated carbocycles. The maximum absolute atomic E-state index is 12.8. The number of halogens is 3. The smallest absolute Gasteiger partial charge is 0.123 e. The molecule has 0 aliphatic rings. The van der Waals surface area contributed by atoms with Crippen molar-refractivity contribution in [3.05, 3.63) is 63.3 Å². The van der Waals surface area contributed by atoms with Crippen molar-refractivity contribution in [2.45, 2.75) is 6.10 Å². The molecule has 0 heterocycles. The van der Waals surface area contributed by atoms with Gasteiger partial charge in [-0.05, 0) is 51.8 Å². The molecule has 0 bridgehead atoms. The maximum Gasteiger partial charge on any atom is 0.123 e. The number of nitrogens with one attached hydrogen (secondary N) is 1. The molecule has 2 rings (SSSR count). The van der Waals surface area contributed by atoms with Crippen molar-refractivity contribution in [1.29, 1.82) is 0 Å². The van der Waals surface area contributed by atoms with E-state index in [0.717, 1.165) is 10.2 Å². The van der Waals surface area contributed by atoms with E-state index < -0.39 is 6.10 Å². The largest absolute Gasteiger partial charge is 0.387 e. The molecular formula is C14H12BrClFNO. The summed E-state index contributed by atoms with van der Waals surface area (Å²) in [6.45, 7) is 0.323. The van der Waals surface area contributed by atoms with Gasteiger partial charge in [0.15, 0.2) is 0 Å². The van der Waals surface area contributed by atoms with Crippen molar-refractivity contribution < 1.29 is 9.50 Å². The van der Waals surface area contributed by atoms with Gasteiger partial charge in [0, 0.05) is 16.7 Å². The molecule has 0 aliphatic heterocycles. The standard InChI is InChI=1S/C14H12BrClFNO/c15-12-6-5-11(7-13(12)16)18-8-14(19)9-1-3-10(17)4-2-9/h1-7,14,18-19H,8H2. The van der Waals surface area contributed by atoms with E-state index >= 15 is 0 Å². The summed E-state index contributed by atoms with van der Waals surface area (Å²) in [5, 5.41) is 13.6. The highest BCUT2D eigenvalue weighted by Gasteiger charge is 2.07. The highest BCUT2D eigenvalue weighted by Crippen LogP contribution is 2.26. The maximum atomic E-state index is 12.8. The zero-order chi connectivity index (χ0) is 13.8. The van der Waals surface area contributed by atoms with Gasteiger partial charge in [-0.1, -0.05) is 23.7 Å². The van der Waals surface area contributed by atoms with Crippen LogP contribution >= 0.6 is 27.5 Å². The van der Waals surface area contributed by atoms with Gasteiger partial charge in [0.1, 0.15) is 5.82 Å². The van der Waals surface area contributed by atoms with Gasteiger partial charge in [-0.3, -0.25) is 0 Å². The number of anilines is 1. The first-order valence-corrected chi connectivity index (χ1v) is 6.86. The zero-order valence-corrected chi connectivity index (χ0v) is 12.2. The van der Waals surface area contributed by atoms with E-state index in [9.17, 15) is 9.50 Å². The van der Waals surface area contributed by atoms with Crippen molar-refractivity contribution in [2.75, 3.05) is 11.9 Å². The fourth-order valence-corrected chi connectivity index (χ4v) is 2.05. The highest BCUT2D eigenvalue weighted by atomic mass is 79.9. The van der Waals surface area contributed by atoms with Crippen molar-refractivity contribution in [3.63, 3.8) is 0 Å². The van der Waals surface area contributed by atoms with Gasteiger partial charge in [0.25, 0.3) is 0 Å². The molecule has 0 saturated heterocycles. The summed E-state index contributed by atoms with van der Waals surface area (Å²) in [6.07, 6.45) is -0.706. The van der Waals surface area contributed by atoms with E-state index in [1.807, 2.05) is 12.1 Å². The predicted octanol–water partition coefficient (Wildman–Crippen LogP) is 4.39. The van der Waals surface area contributed by atoms with Crippen LogP contribution in [-0.2, 0) is 0 Å². The van der Waals surface area contributed by atoms with E-state index in [0.29, 0.717) is 17.1 Å². The van der Waals surface area contributed by atoms with Crippen molar-refractivity contribution >= 4 is 33.2 Å². The number of benzene rings is 2. The van der Waals surface area contributed by atoms with Crippen LogP contribution in [0.2, 0.25) is 5.02 Å². The van der Waals surface area contributed by atoms with Gasteiger partial charge in [-0.25, -0.2) is 4.39 Å². The third-order valence-electron chi connectivity index (χ3n) is 2.67. The molecule has 2 aromatic rings. The van der Waals surface area contributed by atoms with Gasteiger partial charge in [0.05, 0.1) is 11.1 Å². The second-order valence-electron chi connectivity index (χ2n) is 4.08. The Bertz CT molecular complexity index is 562. The molecule has 100 valence electrons. The van der Waals surface area contributed by atoms with E-state index in [1.165, 1.54) is 12.1 Å². The Morgan fingerprint density at radius 1 is 1.21 bits per heavy atom. The minimum absolute atomic E-state index is 0.316. The van der Waals surface area contributed by atoms with E-state index in [-0.39, 0.29) is 5.82 Å². The summed E-state index contributed by atoms with van der Waals surface area (Å²) in [6, 6.07) is 11.2. The SMILES string of the molecule is OC(CNc1ccc(Br)c(Cl)c1)c1ccc(F)cc1. The monoisotopic (exact) mass is 343 g/mol. The molecule has 19 heavy (non-hydrogen) atoms. The minimum atomic E-state index is -0.706. The van der Waals surface area contributed by atoms with Crippen LogP contribution in [0.25, 0.3) is 0 Å². The Kier molecular flexibility index (Phi) is 4.80. The van der Waals surface area contributed by atoms with E-state index in [2.05, 4.69) is 21.2 Å². The number of aliphatic hydroxyl groups is 1. The first-order valence-electron chi connectivity index (χ1n) is 5.69. The molecule has 0 aromatic heterocycles. The Balaban J connectivity index is 1.98. The molecule has 0 amide bonds. The summed E-state index contributed by atoms with van der Waals surface area (Å²) >= 11 is 9.28. The molecule has 5 heteroatoms. The molecule has 1 unspecified atom stereocenters. The van der Waals surface area contributed by atoms with Crippen LogP contribution in [0.4, 0.5) is 10.1 Å². The lowest BCUT2D eigenvalue weighted by atomic mass is 10.1. The molecule has 0 radical (unpaired) electrons. The Labute approximate surface area is 124 Å². The van der Waals surface area contributed by atoms with Crippen LogP contribution in [0, 0.1) is 5.82 Å². The topological polar surface area (TPSA) is 32.3 Å². The molecule has 2 N–H and O–H groups in total. The van der Waals surface area contributed by atoms with Crippen molar-refractivity contribution in [3.8, 4) is 0 Å². The summed E-state index contributed by atoms with van der Waals surface area (Å²) in [5.41, 5.74) is 1.48. The number of aliphatic hydroxyl groups excluding tert-OH is 1. The number of rotatable bonds is 4. The average molecular weight is 345 g/mol. The fourth-order valence-electron chi connectivity index (χ4n) is 1.62.